The number of piperazine rings is 1. The van der Waals surface area contributed by atoms with Crippen LogP contribution in [-0.2, 0) is 19.2 Å². The summed E-state index contributed by atoms with van der Waals surface area (Å²) in [7, 11) is 0. The quantitative estimate of drug-likeness (QED) is 0.188. The van der Waals surface area contributed by atoms with Gasteiger partial charge in [-0.3, -0.25) is 24.1 Å². The molecule has 2 heterocycles. The van der Waals surface area contributed by atoms with Crippen LogP contribution >= 0.6 is 0 Å². The number of carbonyl (C=O) groups excluding carboxylic acids is 5. The Morgan fingerprint density at radius 2 is 1.65 bits per heavy atom. The van der Waals surface area contributed by atoms with Gasteiger partial charge in [0.15, 0.2) is 0 Å². The molecule has 268 valence electrons. The molecule has 2 aliphatic heterocycles. The van der Waals surface area contributed by atoms with Crippen molar-refractivity contribution in [2.45, 2.75) is 133 Å². The number of carbonyl (C=O) groups is 5. The topological polar surface area (TPSA) is 166 Å². The second-order valence-corrected chi connectivity index (χ2v) is 16.8. The van der Waals surface area contributed by atoms with Crippen molar-refractivity contribution in [3.05, 3.63) is 0 Å². The van der Waals surface area contributed by atoms with E-state index in [4.69, 9.17) is 5.73 Å². The van der Waals surface area contributed by atoms with Crippen molar-refractivity contribution in [1.29, 1.82) is 0 Å². The summed E-state index contributed by atoms with van der Waals surface area (Å²) in [5.41, 5.74) is 5.23. The van der Waals surface area contributed by atoms with Gasteiger partial charge in [-0.1, -0.05) is 58.8 Å². The molecular weight excluding hydrogens is 610 g/mol. The van der Waals surface area contributed by atoms with Crippen LogP contribution in [0, 0.1) is 23.2 Å². The van der Waals surface area contributed by atoms with Gasteiger partial charge in [-0.05, 0) is 74.5 Å². The molecule has 0 aromatic carbocycles. The molecule has 0 bridgehead atoms. The summed E-state index contributed by atoms with van der Waals surface area (Å²) < 4.78 is 0. The number of hydrogen-bond donors (Lipinski definition) is 5. The molecule has 12 heteroatoms. The summed E-state index contributed by atoms with van der Waals surface area (Å²) in [6.07, 6.45) is 14.9. The number of nitrogens with one attached hydrogen (secondary N) is 4. The minimum Gasteiger partial charge on any atom is -0.363 e. The van der Waals surface area contributed by atoms with E-state index in [9.17, 15) is 24.0 Å². The van der Waals surface area contributed by atoms with Crippen LogP contribution in [0.1, 0.15) is 110 Å². The van der Waals surface area contributed by atoms with E-state index in [0.29, 0.717) is 25.3 Å². The Balaban J connectivity index is 1.10. The number of hydrogen-bond acceptors (Lipinski definition) is 7. The van der Waals surface area contributed by atoms with E-state index in [1.165, 1.54) is 25.7 Å². The second kappa shape index (κ2) is 14.2. The molecule has 3 atom stereocenters. The Kier molecular flexibility index (Phi) is 10.4. The number of primary amides is 1. The van der Waals surface area contributed by atoms with Crippen molar-refractivity contribution in [2.75, 3.05) is 39.3 Å². The van der Waals surface area contributed by atoms with Gasteiger partial charge >= 0.3 is 6.03 Å². The van der Waals surface area contributed by atoms with Crippen LogP contribution in [0.2, 0.25) is 0 Å². The minimum absolute atomic E-state index is 0.0681. The summed E-state index contributed by atoms with van der Waals surface area (Å²) in [4.78, 5) is 69.9. The Hall–Kier alpha value is -2.73. The third-order valence-corrected chi connectivity index (χ3v) is 13.2. The molecule has 0 aromatic heterocycles. The number of nitrogens with zero attached hydrogens (tertiary/aromatic N) is 2. The largest absolute Gasteiger partial charge is 0.363 e. The predicted octanol–water partition coefficient (Wildman–Crippen LogP) is 2.20. The molecular formula is C36H59N7O5. The monoisotopic (exact) mass is 669 g/mol. The number of urea groups is 1. The SMILES string of the molecule is CC(C)(C1CCC1)C1C[C@@H](C(=O)NC(CC2CCC2)C(=O)C(N)=O)N(C(=O)CNC(=O)NC2(CN3CCNC4(CC4)C3)CCCCC2)C1. The Morgan fingerprint density at radius 3 is 2.25 bits per heavy atom. The van der Waals surface area contributed by atoms with Crippen LogP contribution in [0.5, 0.6) is 0 Å². The van der Waals surface area contributed by atoms with Gasteiger partial charge in [0.1, 0.15) is 6.04 Å². The average Bonchev–Trinajstić information content (AvgIpc) is 3.55. The summed E-state index contributed by atoms with van der Waals surface area (Å²) in [6.45, 7) is 8.43. The zero-order valence-corrected chi connectivity index (χ0v) is 29.2. The highest BCUT2D eigenvalue weighted by atomic mass is 16.2. The minimum atomic E-state index is -1.06. The Labute approximate surface area is 285 Å². The lowest BCUT2D eigenvalue weighted by atomic mass is 9.61. The highest BCUT2D eigenvalue weighted by Gasteiger charge is 2.50. The van der Waals surface area contributed by atoms with Crippen molar-refractivity contribution in [2.24, 2.45) is 28.9 Å². The van der Waals surface area contributed by atoms with E-state index >= 15 is 0 Å². The van der Waals surface area contributed by atoms with Gasteiger partial charge in [0.05, 0.1) is 18.1 Å². The van der Waals surface area contributed by atoms with Crippen molar-refractivity contribution in [1.82, 2.24) is 31.1 Å². The molecule has 0 aromatic rings. The van der Waals surface area contributed by atoms with E-state index in [1.54, 1.807) is 4.90 Å². The smallest absolute Gasteiger partial charge is 0.315 e. The molecule has 6 aliphatic rings. The first-order chi connectivity index (χ1) is 22.9. The van der Waals surface area contributed by atoms with E-state index < -0.39 is 29.7 Å². The van der Waals surface area contributed by atoms with E-state index in [1.807, 2.05) is 0 Å². The fraction of sp³-hybridized carbons (Fsp3) is 0.861. The molecule has 4 aliphatic carbocycles. The highest BCUT2D eigenvalue weighted by Crippen LogP contribution is 2.50. The summed E-state index contributed by atoms with van der Waals surface area (Å²) >= 11 is 0. The molecule has 6 N–H and O–H groups in total. The first-order valence-electron chi connectivity index (χ1n) is 18.9. The first kappa shape index (κ1) is 35.1. The van der Waals surface area contributed by atoms with Crippen molar-refractivity contribution in [3.8, 4) is 0 Å². The zero-order valence-electron chi connectivity index (χ0n) is 29.2. The van der Waals surface area contributed by atoms with E-state index in [2.05, 4.69) is 40.0 Å². The fourth-order valence-corrected chi connectivity index (χ4v) is 9.30. The molecule has 1 spiro atoms. The fourth-order valence-electron chi connectivity index (χ4n) is 9.30. The third kappa shape index (κ3) is 7.85. The van der Waals surface area contributed by atoms with Crippen molar-refractivity contribution < 1.29 is 24.0 Å². The number of nitrogens with two attached hydrogens (primary N) is 1. The summed E-state index contributed by atoms with van der Waals surface area (Å²) in [5, 5.41) is 12.7. The van der Waals surface area contributed by atoms with E-state index in [0.717, 1.165) is 84.0 Å². The zero-order chi connectivity index (χ0) is 34.1. The number of amides is 5. The standard InChI is InChI=1S/C36H59N7O5/c1-34(2,25-10-7-11-25)26-19-28(32(47)40-27(30(45)31(37)46)18-24-8-6-9-24)43(21-26)29(44)20-38-33(48)41-36(12-4-3-5-13-36)23-42-17-16-39-35(22-42)14-15-35/h24-28,39H,3-23H2,1-2H3,(H2,37,46)(H,40,47)(H2,38,41,48)/t26?,27?,28-/m0/s1. The van der Waals surface area contributed by atoms with Gasteiger partial charge in [0.2, 0.25) is 17.6 Å². The van der Waals surface area contributed by atoms with Crippen LogP contribution in [-0.4, -0.2) is 102 Å². The Morgan fingerprint density at radius 1 is 0.938 bits per heavy atom. The van der Waals surface area contributed by atoms with Crippen molar-refractivity contribution >= 4 is 29.5 Å². The first-order valence-corrected chi connectivity index (χ1v) is 18.9. The number of ketones is 1. The molecule has 0 radical (unpaired) electrons. The van der Waals surface area contributed by atoms with Gasteiger partial charge in [-0.15, -0.1) is 0 Å². The van der Waals surface area contributed by atoms with Crippen LogP contribution in [0.4, 0.5) is 4.79 Å². The van der Waals surface area contributed by atoms with E-state index in [-0.39, 0.29) is 46.8 Å². The maximum absolute atomic E-state index is 13.9. The average molecular weight is 670 g/mol. The molecule has 5 amide bonds. The van der Waals surface area contributed by atoms with Gasteiger partial charge in [-0.2, -0.15) is 0 Å². The predicted molar refractivity (Wildman–Crippen MR) is 182 cm³/mol. The van der Waals surface area contributed by atoms with Gasteiger partial charge in [0.25, 0.3) is 5.91 Å². The molecule has 6 fully saturated rings. The maximum Gasteiger partial charge on any atom is 0.315 e. The highest BCUT2D eigenvalue weighted by molar-refractivity contribution is 6.37. The normalized spacial score (nSPS) is 27.8. The van der Waals surface area contributed by atoms with Crippen LogP contribution in [0.25, 0.3) is 0 Å². The number of rotatable bonds is 13. The lowest BCUT2D eigenvalue weighted by Crippen LogP contribution is -2.63. The molecule has 48 heavy (non-hydrogen) atoms. The Bertz CT molecular complexity index is 1240. The molecule has 4 saturated carbocycles. The summed E-state index contributed by atoms with van der Waals surface area (Å²) in [5.74, 6) is -1.70. The van der Waals surface area contributed by atoms with Gasteiger partial charge in [-0.25, -0.2) is 4.79 Å². The second-order valence-electron chi connectivity index (χ2n) is 16.8. The van der Waals surface area contributed by atoms with Crippen LogP contribution < -0.4 is 27.0 Å². The molecule has 6 rings (SSSR count). The number of likely N-dealkylation sites (tertiary alicyclic amines) is 1. The van der Waals surface area contributed by atoms with Gasteiger partial charge in [0, 0.05) is 38.3 Å². The van der Waals surface area contributed by atoms with Crippen LogP contribution in [0.3, 0.4) is 0 Å². The lowest BCUT2D eigenvalue weighted by molar-refractivity contribution is -0.141. The van der Waals surface area contributed by atoms with Crippen LogP contribution in [0.15, 0.2) is 0 Å². The molecule has 2 unspecified atom stereocenters. The number of Topliss-reactive ketones (excluding diaryl/α,β-unsaturated/α-hetero) is 1. The van der Waals surface area contributed by atoms with Crippen molar-refractivity contribution in [3.63, 3.8) is 0 Å². The lowest BCUT2D eigenvalue weighted by Gasteiger charge is -2.44. The summed E-state index contributed by atoms with van der Waals surface area (Å²) in [6, 6.07) is -2.12. The maximum atomic E-state index is 13.9. The molecule has 12 nitrogen and oxygen atoms in total. The molecule has 2 saturated heterocycles. The third-order valence-electron chi connectivity index (χ3n) is 13.2. The van der Waals surface area contributed by atoms with Gasteiger partial charge < -0.3 is 31.9 Å².